The van der Waals surface area contributed by atoms with Gasteiger partial charge >= 0.3 is 0 Å². The fraction of sp³-hybridized carbons (Fsp3) is 0.250. The average Bonchev–Trinajstić information content (AvgIpc) is 3.14. The highest BCUT2D eigenvalue weighted by Gasteiger charge is 2.11. The minimum absolute atomic E-state index is 0.263. The van der Waals surface area contributed by atoms with Crippen molar-refractivity contribution in [2.75, 3.05) is 5.32 Å². The largest absolute Gasteiger partial charge is 0.487 e. The number of anilines is 1. The molecule has 0 fully saturated rings. The maximum absolute atomic E-state index is 12.5. The maximum Gasteiger partial charge on any atom is 0.274 e. The SMILES string of the molecule is CCC(O)Cn1cc(NC(=O)c2cc(COc3ccccc3Cl)ccn2)cn1. The van der Waals surface area contributed by atoms with Gasteiger partial charge in [0.05, 0.1) is 29.6 Å². The number of nitrogens with one attached hydrogen (secondary N) is 1. The molecule has 0 aliphatic heterocycles. The third kappa shape index (κ3) is 5.31. The number of ether oxygens (including phenoxy) is 1. The van der Waals surface area contributed by atoms with Crippen molar-refractivity contribution in [3.8, 4) is 5.75 Å². The van der Waals surface area contributed by atoms with Crippen molar-refractivity contribution in [3.05, 3.63) is 71.3 Å². The molecule has 2 heterocycles. The van der Waals surface area contributed by atoms with Crippen molar-refractivity contribution >= 4 is 23.2 Å². The second-order valence-corrected chi connectivity index (χ2v) is 6.64. The highest BCUT2D eigenvalue weighted by molar-refractivity contribution is 6.32. The summed E-state index contributed by atoms with van der Waals surface area (Å²) in [4.78, 5) is 16.6. The van der Waals surface area contributed by atoms with Gasteiger partial charge in [0, 0.05) is 12.4 Å². The summed E-state index contributed by atoms with van der Waals surface area (Å²) in [7, 11) is 0. The Bertz CT molecular complexity index is 944. The highest BCUT2D eigenvalue weighted by atomic mass is 35.5. The Morgan fingerprint density at radius 2 is 2.18 bits per heavy atom. The Morgan fingerprint density at radius 1 is 1.36 bits per heavy atom. The van der Waals surface area contributed by atoms with Gasteiger partial charge in [-0.1, -0.05) is 30.7 Å². The molecule has 2 N–H and O–H groups in total. The van der Waals surface area contributed by atoms with Crippen LogP contribution in [0.25, 0.3) is 0 Å². The van der Waals surface area contributed by atoms with Gasteiger partial charge in [-0.2, -0.15) is 5.10 Å². The summed E-state index contributed by atoms with van der Waals surface area (Å²) in [5.41, 5.74) is 1.59. The van der Waals surface area contributed by atoms with Crippen LogP contribution in [0, 0.1) is 0 Å². The van der Waals surface area contributed by atoms with E-state index in [4.69, 9.17) is 16.3 Å². The number of hydrogen-bond acceptors (Lipinski definition) is 5. The highest BCUT2D eigenvalue weighted by Crippen LogP contribution is 2.24. The molecule has 28 heavy (non-hydrogen) atoms. The first-order valence-electron chi connectivity index (χ1n) is 8.89. The second-order valence-electron chi connectivity index (χ2n) is 6.24. The fourth-order valence-electron chi connectivity index (χ4n) is 2.48. The van der Waals surface area contributed by atoms with Crippen LogP contribution >= 0.6 is 11.6 Å². The van der Waals surface area contributed by atoms with Gasteiger partial charge < -0.3 is 15.2 Å². The van der Waals surface area contributed by atoms with Crippen LogP contribution in [0.1, 0.15) is 29.4 Å². The van der Waals surface area contributed by atoms with Crippen LogP contribution in [0.3, 0.4) is 0 Å². The number of halogens is 1. The molecule has 8 heteroatoms. The van der Waals surface area contributed by atoms with Crippen molar-refractivity contribution < 1.29 is 14.6 Å². The Labute approximate surface area is 167 Å². The van der Waals surface area contributed by atoms with E-state index in [0.29, 0.717) is 29.4 Å². The molecule has 7 nitrogen and oxygen atoms in total. The zero-order valence-electron chi connectivity index (χ0n) is 15.4. The molecule has 1 atom stereocenters. The molecular weight excluding hydrogens is 380 g/mol. The Balaban J connectivity index is 1.61. The molecule has 0 spiro atoms. The van der Waals surface area contributed by atoms with Crippen molar-refractivity contribution in [1.82, 2.24) is 14.8 Å². The van der Waals surface area contributed by atoms with Crippen LogP contribution in [0.4, 0.5) is 5.69 Å². The number of amides is 1. The molecule has 1 unspecified atom stereocenters. The number of hydrogen-bond donors (Lipinski definition) is 2. The van der Waals surface area contributed by atoms with Crippen LogP contribution in [0.2, 0.25) is 5.02 Å². The number of aliphatic hydroxyl groups excluding tert-OH is 1. The molecule has 0 saturated carbocycles. The van der Waals surface area contributed by atoms with Gasteiger partial charge in [0.2, 0.25) is 0 Å². The number of aromatic nitrogens is 3. The van der Waals surface area contributed by atoms with Crippen LogP contribution in [-0.4, -0.2) is 31.9 Å². The number of para-hydroxylation sites is 1. The number of nitrogens with zero attached hydrogens (tertiary/aromatic N) is 3. The van der Waals surface area contributed by atoms with Gasteiger partial charge in [-0.05, 0) is 36.2 Å². The summed E-state index contributed by atoms with van der Waals surface area (Å²) in [6, 6.07) is 10.6. The Morgan fingerprint density at radius 3 is 2.96 bits per heavy atom. The lowest BCUT2D eigenvalue weighted by atomic mass is 10.2. The van der Waals surface area contributed by atoms with Crippen LogP contribution in [-0.2, 0) is 13.2 Å². The van der Waals surface area contributed by atoms with Crippen LogP contribution in [0.5, 0.6) is 5.75 Å². The molecule has 0 saturated heterocycles. The fourth-order valence-corrected chi connectivity index (χ4v) is 2.67. The molecule has 0 radical (unpaired) electrons. The monoisotopic (exact) mass is 400 g/mol. The number of aliphatic hydroxyl groups is 1. The predicted octanol–water partition coefficient (Wildman–Crippen LogP) is 3.53. The van der Waals surface area contributed by atoms with Gasteiger partial charge in [-0.3, -0.25) is 14.5 Å². The molecule has 0 bridgehead atoms. The van der Waals surface area contributed by atoms with Crippen molar-refractivity contribution in [3.63, 3.8) is 0 Å². The molecule has 1 aromatic carbocycles. The minimum atomic E-state index is -0.472. The lowest BCUT2D eigenvalue weighted by Gasteiger charge is -2.09. The van der Waals surface area contributed by atoms with E-state index in [9.17, 15) is 9.90 Å². The third-order valence-corrected chi connectivity index (χ3v) is 4.36. The molecule has 2 aromatic heterocycles. The molecule has 3 aromatic rings. The molecule has 0 aliphatic carbocycles. The number of carbonyl (C=O) groups is 1. The van der Waals surface area contributed by atoms with E-state index in [-0.39, 0.29) is 18.2 Å². The number of carbonyl (C=O) groups excluding carboxylic acids is 1. The summed E-state index contributed by atoms with van der Waals surface area (Å²) >= 11 is 6.08. The van der Waals surface area contributed by atoms with Gasteiger partial charge in [0.1, 0.15) is 18.1 Å². The molecule has 3 rings (SSSR count). The Kier molecular flexibility index (Phi) is 6.62. The van der Waals surface area contributed by atoms with Gasteiger partial charge in [0.25, 0.3) is 5.91 Å². The molecular formula is C20H21ClN4O3. The average molecular weight is 401 g/mol. The summed E-state index contributed by atoms with van der Waals surface area (Å²) < 4.78 is 7.29. The predicted molar refractivity (Wildman–Crippen MR) is 106 cm³/mol. The topological polar surface area (TPSA) is 89.3 Å². The van der Waals surface area contributed by atoms with Crippen molar-refractivity contribution in [2.24, 2.45) is 0 Å². The van der Waals surface area contributed by atoms with E-state index in [0.717, 1.165) is 5.56 Å². The van der Waals surface area contributed by atoms with E-state index in [1.165, 1.54) is 6.20 Å². The summed E-state index contributed by atoms with van der Waals surface area (Å²) in [5.74, 6) is 0.226. The van der Waals surface area contributed by atoms with E-state index < -0.39 is 6.10 Å². The van der Waals surface area contributed by atoms with Crippen LogP contribution in [0.15, 0.2) is 55.0 Å². The lowest BCUT2D eigenvalue weighted by Crippen LogP contribution is -2.15. The summed E-state index contributed by atoms with van der Waals surface area (Å²) in [5, 5.41) is 17.1. The quantitative estimate of drug-likeness (QED) is 0.603. The molecule has 0 aliphatic rings. The maximum atomic E-state index is 12.5. The van der Waals surface area contributed by atoms with Gasteiger partial charge in [-0.15, -0.1) is 0 Å². The van der Waals surface area contributed by atoms with Gasteiger partial charge in [-0.25, -0.2) is 0 Å². The van der Waals surface area contributed by atoms with Gasteiger partial charge in [0.15, 0.2) is 0 Å². The summed E-state index contributed by atoms with van der Waals surface area (Å²) in [6.45, 7) is 2.53. The van der Waals surface area contributed by atoms with E-state index in [2.05, 4.69) is 15.4 Å². The van der Waals surface area contributed by atoms with Crippen molar-refractivity contribution in [2.45, 2.75) is 32.6 Å². The Hall–Kier alpha value is -2.90. The molecule has 146 valence electrons. The first-order chi connectivity index (χ1) is 13.5. The lowest BCUT2D eigenvalue weighted by molar-refractivity contribution is 0.102. The minimum Gasteiger partial charge on any atom is -0.487 e. The van der Waals surface area contributed by atoms with Crippen molar-refractivity contribution in [1.29, 1.82) is 0 Å². The van der Waals surface area contributed by atoms with E-state index in [1.807, 2.05) is 19.1 Å². The van der Waals surface area contributed by atoms with E-state index >= 15 is 0 Å². The smallest absolute Gasteiger partial charge is 0.274 e. The standard InChI is InChI=1S/C20H21ClN4O3/c1-2-16(26)12-25-11-15(10-23-25)24-20(27)18-9-14(7-8-22-18)13-28-19-6-4-3-5-17(19)21/h3-11,16,26H,2,12-13H2,1H3,(H,24,27). The van der Waals surface area contributed by atoms with Crippen LogP contribution < -0.4 is 10.1 Å². The summed E-state index contributed by atoms with van der Waals surface area (Å²) in [6.07, 6.45) is 4.92. The van der Waals surface area contributed by atoms with E-state index in [1.54, 1.807) is 41.3 Å². The second kappa shape index (κ2) is 9.34. The normalized spacial score (nSPS) is 11.8. The number of benzene rings is 1. The number of rotatable bonds is 8. The first kappa shape index (κ1) is 19.9. The first-order valence-corrected chi connectivity index (χ1v) is 9.27. The third-order valence-electron chi connectivity index (χ3n) is 4.05. The zero-order chi connectivity index (χ0) is 19.9. The number of pyridine rings is 1. The molecule has 1 amide bonds. The zero-order valence-corrected chi connectivity index (χ0v) is 16.1.